The molecule has 0 saturated carbocycles. The maximum atomic E-state index is 12.1. The first kappa shape index (κ1) is 19.7. The number of carboxylic acids is 2. The van der Waals surface area contributed by atoms with Gasteiger partial charge in [-0.15, -0.1) is 0 Å². The lowest BCUT2D eigenvalue weighted by Gasteiger charge is -2.13. The van der Waals surface area contributed by atoms with Crippen LogP contribution in [0.3, 0.4) is 0 Å². The van der Waals surface area contributed by atoms with Gasteiger partial charge in [0.25, 0.3) is 5.56 Å². The molecule has 0 radical (unpaired) electrons. The molecular weight excluding hydrogens is 376 g/mol. The van der Waals surface area contributed by atoms with Crippen molar-refractivity contribution in [1.82, 2.24) is 4.98 Å². The van der Waals surface area contributed by atoms with Crippen molar-refractivity contribution in [3.63, 3.8) is 0 Å². The van der Waals surface area contributed by atoms with Crippen molar-refractivity contribution in [3.8, 4) is 22.6 Å². The molecule has 0 aliphatic carbocycles. The smallest absolute Gasteiger partial charge is 0.342 e. The van der Waals surface area contributed by atoms with Crippen molar-refractivity contribution < 1.29 is 24.5 Å². The van der Waals surface area contributed by atoms with Crippen LogP contribution in [0.5, 0.6) is 11.5 Å². The van der Waals surface area contributed by atoms with Gasteiger partial charge in [0.05, 0.1) is 0 Å². The summed E-state index contributed by atoms with van der Waals surface area (Å²) in [7, 11) is 0. The Bertz CT molecular complexity index is 1180. The van der Waals surface area contributed by atoms with Crippen LogP contribution in [-0.2, 0) is 0 Å². The molecule has 148 valence electrons. The molecule has 29 heavy (non-hydrogen) atoms. The van der Waals surface area contributed by atoms with Gasteiger partial charge in [0.2, 0.25) is 0 Å². The molecule has 0 spiro atoms. The molecule has 1 aromatic heterocycles. The van der Waals surface area contributed by atoms with Gasteiger partial charge < -0.3 is 25.7 Å². The van der Waals surface area contributed by atoms with Gasteiger partial charge in [-0.3, -0.25) is 4.79 Å². The first-order valence-corrected chi connectivity index (χ1v) is 8.57. The van der Waals surface area contributed by atoms with E-state index in [1.54, 1.807) is 12.1 Å². The van der Waals surface area contributed by atoms with E-state index in [4.69, 9.17) is 10.5 Å². The van der Waals surface area contributed by atoms with Crippen LogP contribution in [0, 0.1) is 13.8 Å². The average molecular weight is 394 g/mol. The highest BCUT2D eigenvalue weighted by molar-refractivity contribution is 6.07. The van der Waals surface area contributed by atoms with Gasteiger partial charge in [0, 0.05) is 5.56 Å². The summed E-state index contributed by atoms with van der Waals surface area (Å²) in [4.78, 5) is 37.4. The summed E-state index contributed by atoms with van der Waals surface area (Å²) < 4.78 is 5.78. The molecule has 0 unspecified atom stereocenters. The number of rotatable bonds is 5. The van der Waals surface area contributed by atoms with E-state index in [1.165, 1.54) is 12.1 Å². The summed E-state index contributed by atoms with van der Waals surface area (Å²) >= 11 is 0. The topological polar surface area (TPSA) is 143 Å². The normalized spacial score (nSPS) is 10.6. The van der Waals surface area contributed by atoms with E-state index >= 15 is 0 Å². The fourth-order valence-electron chi connectivity index (χ4n) is 2.94. The number of aromatic nitrogens is 1. The minimum atomic E-state index is -1.56. The molecular formula is C21H18N2O6. The van der Waals surface area contributed by atoms with E-state index in [9.17, 15) is 24.6 Å². The quantitative estimate of drug-likeness (QED) is 0.519. The van der Waals surface area contributed by atoms with Crippen molar-refractivity contribution in [3.05, 3.63) is 75.1 Å². The molecule has 3 aromatic rings. The monoisotopic (exact) mass is 394 g/mol. The van der Waals surface area contributed by atoms with Crippen LogP contribution in [0.25, 0.3) is 11.1 Å². The van der Waals surface area contributed by atoms with Gasteiger partial charge >= 0.3 is 11.9 Å². The third kappa shape index (κ3) is 3.81. The third-order valence-electron chi connectivity index (χ3n) is 4.53. The standard InChI is InChI=1S/C21H18N2O6/c1-10-3-6-14(9-11(10)2)29-13-7-4-12(5-8-13)15-16(20(25)26)18(22)23-19(24)17(15)21(27)28/h3-9H,1-2H3,(H,25,26)(H,27,28)(H3,22,23,24). The van der Waals surface area contributed by atoms with E-state index < -0.39 is 34.4 Å². The highest BCUT2D eigenvalue weighted by Gasteiger charge is 2.26. The molecule has 0 aliphatic heterocycles. The Kier molecular flexibility index (Phi) is 5.10. The average Bonchev–Trinajstić information content (AvgIpc) is 2.64. The van der Waals surface area contributed by atoms with Crippen LogP contribution >= 0.6 is 0 Å². The number of nitrogen functional groups attached to an aromatic ring is 1. The number of nitrogens with two attached hydrogens (primary N) is 1. The number of anilines is 1. The molecule has 5 N–H and O–H groups in total. The summed E-state index contributed by atoms with van der Waals surface area (Å²) in [6, 6.07) is 11.7. The zero-order valence-electron chi connectivity index (χ0n) is 15.6. The first-order valence-electron chi connectivity index (χ1n) is 8.57. The Morgan fingerprint density at radius 1 is 0.897 bits per heavy atom. The number of carbonyl (C=O) groups is 2. The number of benzene rings is 2. The molecule has 0 saturated heterocycles. The van der Waals surface area contributed by atoms with Gasteiger partial charge in [-0.05, 0) is 54.8 Å². The second kappa shape index (κ2) is 7.51. The van der Waals surface area contributed by atoms with E-state index in [-0.39, 0.29) is 11.1 Å². The van der Waals surface area contributed by atoms with Gasteiger partial charge in [0.1, 0.15) is 28.4 Å². The maximum Gasteiger partial charge on any atom is 0.342 e. The van der Waals surface area contributed by atoms with E-state index in [0.29, 0.717) is 11.5 Å². The van der Waals surface area contributed by atoms with Gasteiger partial charge in [0.15, 0.2) is 0 Å². The number of hydrogen-bond donors (Lipinski definition) is 4. The van der Waals surface area contributed by atoms with E-state index in [1.807, 2.05) is 32.0 Å². The van der Waals surface area contributed by atoms with Crippen molar-refractivity contribution in [2.75, 3.05) is 5.73 Å². The fraction of sp³-hybridized carbons (Fsp3) is 0.0952. The number of ether oxygens (including phenoxy) is 1. The number of aromatic carboxylic acids is 2. The molecule has 0 aliphatic rings. The molecule has 0 atom stereocenters. The highest BCUT2D eigenvalue weighted by atomic mass is 16.5. The molecule has 2 aromatic carbocycles. The summed E-state index contributed by atoms with van der Waals surface area (Å²) in [6.45, 7) is 3.95. The lowest BCUT2D eigenvalue weighted by atomic mass is 9.95. The molecule has 0 bridgehead atoms. The number of H-pyrrole nitrogens is 1. The van der Waals surface area contributed by atoms with Crippen LogP contribution < -0.4 is 16.0 Å². The van der Waals surface area contributed by atoms with Crippen LogP contribution in [0.2, 0.25) is 0 Å². The Morgan fingerprint density at radius 3 is 2.03 bits per heavy atom. The minimum Gasteiger partial charge on any atom is -0.478 e. The predicted octanol–water partition coefficient (Wildman–Crippen LogP) is 3.43. The summed E-state index contributed by atoms with van der Waals surface area (Å²) in [5.74, 6) is -2.34. The molecule has 0 fully saturated rings. The van der Waals surface area contributed by atoms with Crippen molar-refractivity contribution in [2.45, 2.75) is 13.8 Å². The summed E-state index contributed by atoms with van der Waals surface area (Å²) in [5, 5.41) is 18.9. The zero-order chi connectivity index (χ0) is 21.3. The van der Waals surface area contributed by atoms with Crippen LogP contribution in [0.4, 0.5) is 5.82 Å². The maximum absolute atomic E-state index is 12.1. The number of carboxylic acid groups (broad SMARTS) is 2. The fourth-order valence-corrected chi connectivity index (χ4v) is 2.94. The van der Waals surface area contributed by atoms with Crippen LogP contribution in [-0.4, -0.2) is 27.1 Å². The summed E-state index contributed by atoms with van der Waals surface area (Å²) in [5.41, 5.74) is 5.62. The Balaban J connectivity index is 2.08. The Labute approximate surface area is 165 Å². The number of hydrogen-bond acceptors (Lipinski definition) is 5. The third-order valence-corrected chi connectivity index (χ3v) is 4.53. The Morgan fingerprint density at radius 2 is 1.48 bits per heavy atom. The van der Waals surface area contributed by atoms with Crippen LogP contribution in [0.15, 0.2) is 47.3 Å². The van der Waals surface area contributed by atoms with Crippen LogP contribution in [0.1, 0.15) is 31.8 Å². The summed E-state index contributed by atoms with van der Waals surface area (Å²) in [6.07, 6.45) is 0. The Hall–Kier alpha value is -4.07. The second-order valence-corrected chi connectivity index (χ2v) is 6.48. The second-order valence-electron chi connectivity index (χ2n) is 6.48. The number of pyridine rings is 1. The van der Waals surface area contributed by atoms with Crippen molar-refractivity contribution in [1.29, 1.82) is 0 Å². The van der Waals surface area contributed by atoms with Gasteiger partial charge in [-0.1, -0.05) is 18.2 Å². The lowest BCUT2D eigenvalue weighted by Crippen LogP contribution is -2.24. The van der Waals surface area contributed by atoms with E-state index in [0.717, 1.165) is 11.1 Å². The SMILES string of the molecule is Cc1ccc(Oc2ccc(-c3c(C(=O)O)c(N)[nH]c(=O)c3C(=O)O)cc2)cc1C. The number of aromatic amines is 1. The minimum absolute atomic E-state index is 0.213. The first-order chi connectivity index (χ1) is 13.7. The van der Waals surface area contributed by atoms with Crippen molar-refractivity contribution >= 4 is 17.8 Å². The highest BCUT2D eigenvalue weighted by Crippen LogP contribution is 2.31. The lowest BCUT2D eigenvalue weighted by molar-refractivity contribution is 0.0695. The van der Waals surface area contributed by atoms with E-state index in [2.05, 4.69) is 4.98 Å². The van der Waals surface area contributed by atoms with Gasteiger partial charge in [-0.2, -0.15) is 0 Å². The number of nitrogens with one attached hydrogen (secondary N) is 1. The van der Waals surface area contributed by atoms with Crippen molar-refractivity contribution in [2.24, 2.45) is 0 Å². The van der Waals surface area contributed by atoms with Gasteiger partial charge in [-0.25, -0.2) is 9.59 Å². The zero-order valence-corrected chi connectivity index (χ0v) is 15.6. The molecule has 8 heteroatoms. The number of aryl methyl sites for hydroxylation is 2. The predicted molar refractivity (Wildman–Crippen MR) is 107 cm³/mol. The molecule has 1 heterocycles. The molecule has 0 amide bonds. The largest absolute Gasteiger partial charge is 0.478 e. The molecule has 8 nitrogen and oxygen atoms in total. The molecule has 3 rings (SSSR count).